The van der Waals surface area contributed by atoms with Gasteiger partial charge in [0.2, 0.25) is 0 Å². The smallest absolute Gasteiger partial charge is 0.0991 e. The van der Waals surface area contributed by atoms with Crippen molar-refractivity contribution in [2.24, 2.45) is 0 Å². The number of nitrogens with one attached hydrogen (secondary N) is 2. The van der Waals surface area contributed by atoms with Crippen LogP contribution >= 0.6 is 11.3 Å². The fourth-order valence-corrected chi connectivity index (χ4v) is 8.99. The summed E-state index contributed by atoms with van der Waals surface area (Å²) in [6.07, 6.45) is -0.425. The van der Waals surface area contributed by atoms with Gasteiger partial charge in [-0.15, -0.1) is 11.3 Å². The van der Waals surface area contributed by atoms with E-state index in [1.807, 2.05) is 35.6 Å². The highest BCUT2D eigenvalue weighted by Crippen LogP contribution is 2.42. The summed E-state index contributed by atoms with van der Waals surface area (Å²) in [7, 11) is 0. The van der Waals surface area contributed by atoms with E-state index >= 15 is 0 Å². The monoisotopic (exact) mass is 686 g/mol. The second-order valence-corrected chi connectivity index (χ2v) is 14.4. The predicted octanol–water partition coefficient (Wildman–Crippen LogP) is 11.7. The van der Waals surface area contributed by atoms with Crippen molar-refractivity contribution < 1.29 is 0 Å². The molecule has 0 amide bonds. The molecule has 0 radical (unpaired) electrons. The van der Waals surface area contributed by atoms with Gasteiger partial charge in [-0.1, -0.05) is 139 Å². The molecule has 5 nitrogen and oxygen atoms in total. The van der Waals surface area contributed by atoms with Gasteiger partial charge in [0.1, 0.15) is 0 Å². The quantitative estimate of drug-likeness (QED) is 0.189. The Morgan fingerprint density at radius 1 is 0.558 bits per heavy atom. The molecule has 1 fully saturated rings. The number of hydrogen-bond donors (Lipinski definition) is 2. The highest BCUT2D eigenvalue weighted by molar-refractivity contribution is 7.26. The second kappa shape index (κ2) is 12.6. The molecular weight excluding hydrogens is 655 g/mol. The van der Waals surface area contributed by atoms with Crippen LogP contribution in [-0.4, -0.2) is 4.57 Å². The lowest BCUT2D eigenvalue weighted by atomic mass is 10.0. The Hall–Kier alpha value is -6.07. The Morgan fingerprint density at radius 3 is 1.90 bits per heavy atom. The Labute approximate surface area is 305 Å². The Bertz CT molecular complexity index is 2750. The molecule has 248 valence electrons. The SMILES string of the molecule is N#Cc1ccc2c(c1)c1cc(-c3cccc4c3sc3ccccc34)ccc1n2-c1ccc(C2NC(c3ccccc3)[N-]C(c3ccccc3)N2)cc1. The summed E-state index contributed by atoms with van der Waals surface area (Å²) in [4.78, 5) is 0. The largest absolute Gasteiger partial charge is 0.624 e. The molecule has 6 heteroatoms. The summed E-state index contributed by atoms with van der Waals surface area (Å²) < 4.78 is 4.90. The summed E-state index contributed by atoms with van der Waals surface area (Å²) >= 11 is 1.85. The lowest BCUT2D eigenvalue weighted by molar-refractivity contribution is 0.316. The molecule has 1 aliphatic rings. The summed E-state index contributed by atoms with van der Waals surface area (Å²) in [6, 6.07) is 60.0. The van der Waals surface area contributed by atoms with E-state index in [1.54, 1.807) is 0 Å². The van der Waals surface area contributed by atoms with Gasteiger partial charge in [-0.3, -0.25) is 0 Å². The van der Waals surface area contributed by atoms with E-state index in [1.165, 1.54) is 31.3 Å². The molecule has 0 aliphatic carbocycles. The Kier molecular flexibility index (Phi) is 7.45. The summed E-state index contributed by atoms with van der Waals surface area (Å²) in [5.74, 6) is 0. The van der Waals surface area contributed by atoms with Crippen molar-refractivity contribution in [1.29, 1.82) is 5.26 Å². The number of rotatable bonds is 5. The molecule has 0 saturated carbocycles. The first-order chi connectivity index (χ1) is 25.7. The van der Waals surface area contributed by atoms with E-state index in [9.17, 15) is 5.26 Å². The van der Waals surface area contributed by atoms with Crippen molar-refractivity contribution in [3.8, 4) is 22.9 Å². The van der Waals surface area contributed by atoms with Crippen molar-refractivity contribution in [2.45, 2.75) is 18.5 Å². The molecule has 9 aromatic rings. The van der Waals surface area contributed by atoms with Crippen LogP contribution in [0.1, 0.15) is 40.8 Å². The second-order valence-electron chi connectivity index (χ2n) is 13.3. The van der Waals surface area contributed by atoms with Gasteiger partial charge in [0.05, 0.1) is 28.8 Å². The minimum Gasteiger partial charge on any atom is -0.624 e. The van der Waals surface area contributed by atoms with E-state index in [0.29, 0.717) is 5.56 Å². The minimum absolute atomic E-state index is 0.113. The normalized spacial score (nSPS) is 17.6. The first-order valence-corrected chi connectivity index (χ1v) is 18.3. The molecule has 2 atom stereocenters. The summed E-state index contributed by atoms with van der Waals surface area (Å²) in [5, 5.41) is 27.3. The third kappa shape index (κ3) is 5.19. The van der Waals surface area contributed by atoms with Crippen LogP contribution < -0.4 is 10.6 Å². The molecule has 2 unspecified atom stereocenters. The molecule has 10 rings (SSSR count). The fourth-order valence-electron chi connectivity index (χ4n) is 7.76. The molecule has 7 aromatic carbocycles. The standard InChI is InChI=1S/C46H32N5S/c47-28-29-18-24-40-38(26-29)39-27-33(35-15-9-16-37-36-14-7-8-17-42(36)52-43(35)37)21-25-41(39)51(40)34-22-19-32(20-23-34)46-49-44(30-10-3-1-4-11-30)48-45(50-46)31-12-5-2-6-13-31/h1-27,44-46,49-50H/q-1. The van der Waals surface area contributed by atoms with E-state index in [2.05, 4.69) is 161 Å². The fraction of sp³-hybridized carbons (Fsp3) is 0.0652. The van der Waals surface area contributed by atoms with E-state index in [0.717, 1.165) is 44.2 Å². The molecule has 0 bridgehead atoms. The average Bonchev–Trinajstić information content (AvgIpc) is 3.76. The molecular formula is C46H32N5S-. The van der Waals surface area contributed by atoms with E-state index in [-0.39, 0.29) is 18.5 Å². The Balaban J connectivity index is 1.06. The van der Waals surface area contributed by atoms with Crippen molar-refractivity contribution in [1.82, 2.24) is 15.2 Å². The van der Waals surface area contributed by atoms with Crippen LogP contribution in [-0.2, 0) is 0 Å². The van der Waals surface area contributed by atoms with Crippen LogP contribution in [0.2, 0.25) is 0 Å². The minimum atomic E-state index is -0.156. The van der Waals surface area contributed by atoms with Crippen LogP contribution in [0.25, 0.3) is 64.1 Å². The zero-order valence-electron chi connectivity index (χ0n) is 28.1. The number of nitriles is 1. The molecule has 52 heavy (non-hydrogen) atoms. The number of fused-ring (bicyclic) bond motifs is 6. The van der Waals surface area contributed by atoms with E-state index < -0.39 is 0 Å². The van der Waals surface area contributed by atoms with E-state index in [4.69, 9.17) is 5.32 Å². The van der Waals surface area contributed by atoms with Crippen molar-refractivity contribution >= 4 is 53.3 Å². The van der Waals surface area contributed by atoms with Gasteiger partial charge in [-0.2, -0.15) is 5.26 Å². The summed E-state index contributed by atoms with van der Waals surface area (Å²) in [6.45, 7) is 0. The van der Waals surface area contributed by atoms with Gasteiger partial charge in [0.15, 0.2) is 0 Å². The molecule has 1 aliphatic heterocycles. The van der Waals surface area contributed by atoms with Gasteiger partial charge in [-0.25, -0.2) is 0 Å². The number of nitrogens with zero attached hydrogens (tertiary/aromatic N) is 3. The lowest BCUT2D eigenvalue weighted by Crippen LogP contribution is -2.44. The molecule has 2 aromatic heterocycles. The van der Waals surface area contributed by atoms with Gasteiger partial charge in [0.25, 0.3) is 0 Å². The third-order valence-electron chi connectivity index (χ3n) is 10.3. The highest BCUT2D eigenvalue weighted by atomic mass is 32.1. The van der Waals surface area contributed by atoms with Crippen LogP contribution in [0.4, 0.5) is 0 Å². The number of aromatic nitrogens is 1. The number of hydrogen-bond acceptors (Lipinski definition) is 4. The first-order valence-electron chi connectivity index (χ1n) is 17.5. The highest BCUT2D eigenvalue weighted by Gasteiger charge is 2.23. The maximum absolute atomic E-state index is 9.88. The Morgan fingerprint density at radius 2 is 1.19 bits per heavy atom. The van der Waals surface area contributed by atoms with Crippen LogP contribution in [0, 0.1) is 11.3 Å². The third-order valence-corrected chi connectivity index (χ3v) is 11.5. The molecule has 0 spiro atoms. The van der Waals surface area contributed by atoms with Crippen LogP contribution in [0.5, 0.6) is 0 Å². The van der Waals surface area contributed by atoms with Crippen LogP contribution in [0.3, 0.4) is 0 Å². The maximum atomic E-state index is 9.88. The summed E-state index contributed by atoms with van der Waals surface area (Å²) in [5.41, 5.74) is 9.68. The molecule has 2 N–H and O–H groups in total. The number of benzene rings is 7. The van der Waals surface area contributed by atoms with Gasteiger partial charge in [-0.05, 0) is 65.2 Å². The van der Waals surface area contributed by atoms with Gasteiger partial charge < -0.3 is 20.5 Å². The first kappa shape index (κ1) is 30.7. The number of thiophene rings is 1. The van der Waals surface area contributed by atoms with Crippen molar-refractivity contribution in [3.05, 3.63) is 191 Å². The maximum Gasteiger partial charge on any atom is 0.0991 e. The van der Waals surface area contributed by atoms with Crippen molar-refractivity contribution in [2.75, 3.05) is 0 Å². The van der Waals surface area contributed by atoms with Crippen molar-refractivity contribution in [3.63, 3.8) is 0 Å². The van der Waals surface area contributed by atoms with Crippen LogP contribution in [0.15, 0.2) is 164 Å². The topological polar surface area (TPSA) is 66.9 Å². The van der Waals surface area contributed by atoms with Gasteiger partial charge >= 0.3 is 0 Å². The molecule has 3 heterocycles. The lowest BCUT2D eigenvalue weighted by Gasteiger charge is -2.50. The predicted molar refractivity (Wildman–Crippen MR) is 215 cm³/mol. The zero-order chi connectivity index (χ0) is 34.6. The average molecular weight is 687 g/mol. The van der Waals surface area contributed by atoms with Gasteiger partial charge in [0, 0.05) is 36.6 Å². The molecule has 1 saturated heterocycles. The zero-order valence-corrected chi connectivity index (χ0v) is 28.9.